The summed E-state index contributed by atoms with van der Waals surface area (Å²) in [5.41, 5.74) is 6.06. The third-order valence-corrected chi connectivity index (χ3v) is 4.60. The summed E-state index contributed by atoms with van der Waals surface area (Å²) in [6.07, 6.45) is 6.11. The van der Waals surface area contributed by atoms with Crippen LogP contribution in [-0.4, -0.2) is 54.0 Å². The van der Waals surface area contributed by atoms with E-state index in [0.717, 1.165) is 25.9 Å². The van der Waals surface area contributed by atoms with E-state index in [1.165, 1.54) is 19.3 Å². The second-order valence-corrected chi connectivity index (χ2v) is 6.62. The molecule has 1 saturated carbocycles. The molecule has 4 heteroatoms. The molecule has 2 aliphatic rings. The lowest BCUT2D eigenvalue weighted by atomic mass is 10.0. The van der Waals surface area contributed by atoms with Crippen molar-refractivity contribution in [1.82, 2.24) is 9.80 Å². The zero-order valence-corrected chi connectivity index (χ0v) is 12.6. The molecule has 1 saturated heterocycles. The second kappa shape index (κ2) is 6.23. The van der Waals surface area contributed by atoms with Crippen LogP contribution >= 0.6 is 0 Å². The van der Waals surface area contributed by atoms with E-state index >= 15 is 0 Å². The van der Waals surface area contributed by atoms with Crippen molar-refractivity contribution in [3.05, 3.63) is 0 Å². The minimum Gasteiger partial charge on any atom is -0.337 e. The van der Waals surface area contributed by atoms with Crippen LogP contribution in [0.25, 0.3) is 0 Å². The van der Waals surface area contributed by atoms with Crippen LogP contribution in [0.2, 0.25) is 0 Å². The van der Waals surface area contributed by atoms with Gasteiger partial charge in [0.15, 0.2) is 0 Å². The van der Waals surface area contributed by atoms with Gasteiger partial charge in [-0.05, 0) is 45.2 Å². The Morgan fingerprint density at radius 1 is 1.32 bits per heavy atom. The molecular weight excluding hydrogens is 238 g/mol. The average molecular weight is 267 g/mol. The SMILES string of the molecule is CC(C)C(N)C(=O)N(C[C@@H]1CCCCN1C)C1CC1. The van der Waals surface area contributed by atoms with E-state index in [9.17, 15) is 4.79 Å². The maximum atomic E-state index is 12.5. The summed E-state index contributed by atoms with van der Waals surface area (Å²) in [4.78, 5) is 17.0. The summed E-state index contributed by atoms with van der Waals surface area (Å²) in [6, 6.07) is 0.653. The van der Waals surface area contributed by atoms with Crippen molar-refractivity contribution < 1.29 is 4.79 Å². The number of amides is 1. The number of hydrogen-bond acceptors (Lipinski definition) is 3. The summed E-state index contributed by atoms with van der Waals surface area (Å²) < 4.78 is 0. The first-order chi connectivity index (χ1) is 9.00. The molecule has 2 N–H and O–H groups in total. The Hall–Kier alpha value is -0.610. The van der Waals surface area contributed by atoms with Gasteiger partial charge in [-0.3, -0.25) is 4.79 Å². The molecular formula is C15H29N3O. The van der Waals surface area contributed by atoms with Crippen molar-refractivity contribution in [3.63, 3.8) is 0 Å². The highest BCUT2D eigenvalue weighted by atomic mass is 16.2. The highest BCUT2D eigenvalue weighted by Gasteiger charge is 2.37. The van der Waals surface area contributed by atoms with E-state index in [4.69, 9.17) is 5.73 Å². The summed E-state index contributed by atoms with van der Waals surface area (Å²) in [5, 5.41) is 0. The third kappa shape index (κ3) is 3.69. The predicted molar refractivity (Wildman–Crippen MR) is 77.8 cm³/mol. The molecule has 1 unspecified atom stereocenters. The van der Waals surface area contributed by atoms with E-state index < -0.39 is 0 Å². The van der Waals surface area contributed by atoms with E-state index in [0.29, 0.717) is 12.1 Å². The van der Waals surface area contributed by atoms with Crippen LogP contribution in [0.15, 0.2) is 0 Å². The Morgan fingerprint density at radius 2 is 2.00 bits per heavy atom. The topological polar surface area (TPSA) is 49.6 Å². The second-order valence-electron chi connectivity index (χ2n) is 6.62. The first-order valence-corrected chi connectivity index (χ1v) is 7.77. The fourth-order valence-electron chi connectivity index (χ4n) is 2.88. The van der Waals surface area contributed by atoms with Gasteiger partial charge in [0.05, 0.1) is 6.04 Å². The van der Waals surface area contributed by atoms with Gasteiger partial charge in [0.2, 0.25) is 5.91 Å². The number of nitrogens with zero attached hydrogens (tertiary/aromatic N) is 2. The Bertz CT molecular complexity index is 315. The maximum Gasteiger partial charge on any atom is 0.240 e. The fraction of sp³-hybridized carbons (Fsp3) is 0.933. The van der Waals surface area contributed by atoms with E-state index in [1.54, 1.807) is 0 Å². The van der Waals surface area contributed by atoms with E-state index in [2.05, 4.69) is 16.8 Å². The number of carbonyl (C=O) groups excluding carboxylic acids is 1. The van der Waals surface area contributed by atoms with Gasteiger partial charge in [0.25, 0.3) is 0 Å². The van der Waals surface area contributed by atoms with Crippen LogP contribution in [0.4, 0.5) is 0 Å². The monoisotopic (exact) mass is 267 g/mol. The molecule has 0 aromatic carbocycles. The van der Waals surface area contributed by atoms with Crippen LogP contribution in [0.5, 0.6) is 0 Å². The van der Waals surface area contributed by atoms with E-state index in [1.807, 2.05) is 13.8 Å². The number of hydrogen-bond donors (Lipinski definition) is 1. The minimum atomic E-state index is -0.338. The minimum absolute atomic E-state index is 0.163. The predicted octanol–water partition coefficient (Wildman–Crippen LogP) is 1.45. The van der Waals surface area contributed by atoms with Gasteiger partial charge in [-0.25, -0.2) is 0 Å². The first kappa shape index (κ1) is 14.8. The number of carbonyl (C=O) groups is 1. The number of rotatable bonds is 5. The summed E-state index contributed by atoms with van der Waals surface area (Å²) >= 11 is 0. The van der Waals surface area contributed by atoms with Crippen LogP contribution < -0.4 is 5.73 Å². The van der Waals surface area contributed by atoms with Gasteiger partial charge < -0.3 is 15.5 Å². The molecule has 2 rings (SSSR count). The molecule has 1 aliphatic heterocycles. The van der Waals surface area contributed by atoms with Crippen LogP contribution in [0.1, 0.15) is 46.0 Å². The van der Waals surface area contributed by atoms with Gasteiger partial charge >= 0.3 is 0 Å². The number of piperidine rings is 1. The lowest BCUT2D eigenvalue weighted by Gasteiger charge is -2.37. The lowest BCUT2D eigenvalue weighted by molar-refractivity contribution is -0.135. The number of likely N-dealkylation sites (tertiary alicyclic amines) is 1. The standard InChI is InChI=1S/C15H29N3O/c1-11(2)14(16)15(19)18(12-7-8-12)10-13-6-4-5-9-17(13)3/h11-14H,4-10,16H2,1-3H3/t13-,14?/m0/s1. The molecule has 2 fully saturated rings. The van der Waals surface area contributed by atoms with Crippen LogP contribution in [0.3, 0.4) is 0 Å². The average Bonchev–Trinajstić information content (AvgIpc) is 3.20. The maximum absolute atomic E-state index is 12.5. The number of nitrogens with two attached hydrogens (primary N) is 1. The molecule has 2 atom stereocenters. The van der Waals surface area contributed by atoms with Gasteiger partial charge in [0.1, 0.15) is 0 Å². The molecule has 110 valence electrons. The van der Waals surface area contributed by atoms with Crippen molar-refractivity contribution >= 4 is 5.91 Å². The molecule has 0 aromatic heterocycles. The smallest absolute Gasteiger partial charge is 0.240 e. The van der Waals surface area contributed by atoms with Gasteiger partial charge in [-0.15, -0.1) is 0 Å². The van der Waals surface area contributed by atoms with Crippen molar-refractivity contribution in [1.29, 1.82) is 0 Å². The Kier molecular flexibility index (Phi) is 4.85. The molecule has 19 heavy (non-hydrogen) atoms. The number of likely N-dealkylation sites (N-methyl/N-ethyl adjacent to an activating group) is 1. The Morgan fingerprint density at radius 3 is 2.53 bits per heavy atom. The molecule has 0 aromatic rings. The fourth-order valence-corrected chi connectivity index (χ4v) is 2.88. The van der Waals surface area contributed by atoms with Crippen molar-refractivity contribution in [2.24, 2.45) is 11.7 Å². The molecule has 0 spiro atoms. The lowest BCUT2D eigenvalue weighted by Crippen LogP contribution is -2.52. The normalized spacial score (nSPS) is 26.5. The molecule has 0 bridgehead atoms. The van der Waals surface area contributed by atoms with Crippen molar-refractivity contribution in [2.45, 2.75) is 64.1 Å². The van der Waals surface area contributed by atoms with Crippen LogP contribution in [-0.2, 0) is 4.79 Å². The Labute approximate surface area is 117 Å². The summed E-state index contributed by atoms with van der Waals surface area (Å²) in [7, 11) is 2.18. The van der Waals surface area contributed by atoms with Gasteiger partial charge in [-0.2, -0.15) is 0 Å². The summed E-state index contributed by atoms with van der Waals surface area (Å²) in [5.74, 6) is 0.384. The Balaban J connectivity index is 1.97. The highest BCUT2D eigenvalue weighted by molar-refractivity contribution is 5.82. The zero-order valence-electron chi connectivity index (χ0n) is 12.6. The summed E-state index contributed by atoms with van der Waals surface area (Å²) in [6.45, 7) is 6.09. The van der Waals surface area contributed by atoms with Gasteiger partial charge in [0, 0.05) is 18.6 Å². The first-order valence-electron chi connectivity index (χ1n) is 7.77. The molecule has 4 nitrogen and oxygen atoms in total. The molecule has 1 heterocycles. The van der Waals surface area contributed by atoms with E-state index in [-0.39, 0.29) is 17.9 Å². The quantitative estimate of drug-likeness (QED) is 0.820. The van der Waals surface area contributed by atoms with Gasteiger partial charge in [-0.1, -0.05) is 20.3 Å². The zero-order chi connectivity index (χ0) is 14.0. The molecule has 1 aliphatic carbocycles. The van der Waals surface area contributed by atoms with Crippen molar-refractivity contribution in [2.75, 3.05) is 20.1 Å². The molecule has 0 radical (unpaired) electrons. The highest BCUT2D eigenvalue weighted by Crippen LogP contribution is 2.29. The third-order valence-electron chi connectivity index (χ3n) is 4.60. The van der Waals surface area contributed by atoms with Crippen molar-refractivity contribution in [3.8, 4) is 0 Å². The molecule has 1 amide bonds. The van der Waals surface area contributed by atoms with Crippen LogP contribution in [0, 0.1) is 5.92 Å². The largest absolute Gasteiger partial charge is 0.337 e.